The van der Waals surface area contributed by atoms with Crippen molar-refractivity contribution < 1.29 is 33.0 Å². The minimum absolute atomic E-state index is 0.0834. The van der Waals surface area contributed by atoms with Crippen LogP contribution in [0.15, 0.2) is 22.8 Å². The molecule has 37 heavy (non-hydrogen) atoms. The normalized spacial score (nSPS) is 44.7. The predicted octanol–water partition coefficient (Wildman–Crippen LogP) is 5.95. The highest BCUT2D eigenvalue weighted by Crippen LogP contribution is 2.72. The van der Waals surface area contributed by atoms with Crippen molar-refractivity contribution in [1.29, 1.82) is 0 Å². The van der Waals surface area contributed by atoms with Gasteiger partial charge in [-0.25, -0.2) is 8.78 Å². The van der Waals surface area contributed by atoms with Crippen LogP contribution in [0.3, 0.4) is 0 Å². The molecule has 206 valence electrons. The molecule has 9 atom stereocenters. The van der Waals surface area contributed by atoms with E-state index in [0.717, 1.165) is 19.3 Å². The first kappa shape index (κ1) is 28.6. The topological polar surface area (TPSA) is 72.8 Å². The summed E-state index contributed by atoms with van der Waals surface area (Å²) in [5, 5.41) is 11.4. The minimum atomic E-state index is -2.29. The number of unbranched alkanes of at least 4 members (excludes halogenated alkanes) is 2. The van der Waals surface area contributed by atoms with Gasteiger partial charge in [-0.05, 0) is 62.4 Å². The van der Waals surface area contributed by atoms with E-state index < -0.39 is 58.0 Å². The fourth-order valence-electron chi connectivity index (χ4n) is 8.16. The molecule has 3 fully saturated rings. The monoisotopic (exact) mass is 558 g/mol. The average molecular weight is 559 g/mol. The Kier molecular flexibility index (Phi) is 7.48. The molecule has 4 aliphatic rings. The summed E-state index contributed by atoms with van der Waals surface area (Å²) in [5.41, 5.74) is -6.38. The standard InChI is InChI=1S/C28H37ClF2O5S/c1-6-7-8-11-35-24(37)28(36-16(3)32)15(2)12-17-18-13-19(30)22-23(29)20(33)9-10-25(22,4)27(18,31)21(34)14-26(17,28)5/h9-10,15,17-19,21,34H,6-8,11-14H2,1-5H3/t15-,17+,18+,19+,21+,25+,26+,27+,28+/m1/s1. The molecule has 9 heteroatoms. The van der Waals surface area contributed by atoms with E-state index >= 15 is 8.78 Å². The van der Waals surface area contributed by atoms with Gasteiger partial charge in [0.1, 0.15) is 6.17 Å². The van der Waals surface area contributed by atoms with Crippen LogP contribution in [0.2, 0.25) is 0 Å². The Bertz CT molecular complexity index is 1060. The molecule has 0 radical (unpaired) electrons. The van der Waals surface area contributed by atoms with Gasteiger partial charge in [-0.15, -0.1) is 0 Å². The molecule has 0 aromatic carbocycles. The second-order valence-corrected chi connectivity index (χ2v) is 12.5. The van der Waals surface area contributed by atoms with Crippen LogP contribution >= 0.6 is 23.8 Å². The number of rotatable bonds is 6. The Morgan fingerprint density at radius 1 is 1.27 bits per heavy atom. The fraction of sp³-hybridized carbons (Fsp3) is 0.750. The molecule has 4 rings (SSSR count). The molecule has 5 nitrogen and oxygen atoms in total. The molecule has 4 aliphatic carbocycles. The third kappa shape index (κ3) is 3.79. The van der Waals surface area contributed by atoms with E-state index in [1.165, 1.54) is 26.0 Å². The second-order valence-electron chi connectivity index (χ2n) is 11.8. The number of carbonyl (C=O) groups is 2. The number of halogens is 3. The first-order valence-electron chi connectivity index (χ1n) is 13.2. The molecule has 0 saturated heterocycles. The Balaban J connectivity index is 1.81. The Morgan fingerprint density at radius 3 is 2.57 bits per heavy atom. The zero-order valence-corrected chi connectivity index (χ0v) is 23.7. The smallest absolute Gasteiger partial charge is 0.303 e. The van der Waals surface area contributed by atoms with Gasteiger partial charge < -0.3 is 14.6 Å². The first-order chi connectivity index (χ1) is 17.2. The molecular formula is C28H37ClF2O5S. The fourth-order valence-corrected chi connectivity index (χ4v) is 9.10. The molecule has 0 amide bonds. The third-order valence-electron chi connectivity index (χ3n) is 9.84. The van der Waals surface area contributed by atoms with E-state index in [-0.39, 0.29) is 34.4 Å². The van der Waals surface area contributed by atoms with Gasteiger partial charge in [-0.3, -0.25) is 9.59 Å². The maximum absolute atomic E-state index is 17.5. The van der Waals surface area contributed by atoms with Crippen LogP contribution in [0.5, 0.6) is 0 Å². The molecule has 0 aromatic heterocycles. The van der Waals surface area contributed by atoms with Crippen molar-refractivity contribution in [1.82, 2.24) is 0 Å². The number of aliphatic hydroxyl groups is 1. The van der Waals surface area contributed by atoms with Gasteiger partial charge >= 0.3 is 5.97 Å². The van der Waals surface area contributed by atoms with Crippen molar-refractivity contribution in [2.45, 2.75) is 96.7 Å². The Morgan fingerprint density at radius 2 is 1.95 bits per heavy atom. The van der Waals surface area contributed by atoms with Gasteiger partial charge in [-0.1, -0.05) is 51.3 Å². The molecule has 0 bridgehead atoms. The predicted molar refractivity (Wildman–Crippen MR) is 141 cm³/mol. The van der Waals surface area contributed by atoms with Crippen molar-refractivity contribution in [3.8, 4) is 0 Å². The summed E-state index contributed by atoms with van der Waals surface area (Å²) >= 11 is 12.0. The zero-order valence-electron chi connectivity index (χ0n) is 22.1. The summed E-state index contributed by atoms with van der Waals surface area (Å²) in [6, 6.07) is 0. The summed E-state index contributed by atoms with van der Waals surface area (Å²) < 4.78 is 45.4. The van der Waals surface area contributed by atoms with Crippen molar-refractivity contribution in [3.63, 3.8) is 0 Å². The average Bonchev–Trinajstić information content (AvgIpc) is 3.03. The number of thiocarbonyl (C=S) groups is 1. The van der Waals surface area contributed by atoms with E-state index in [0.29, 0.717) is 13.0 Å². The molecule has 0 aromatic rings. The van der Waals surface area contributed by atoms with Crippen LogP contribution in [0, 0.1) is 28.6 Å². The van der Waals surface area contributed by atoms with Crippen LogP contribution < -0.4 is 0 Å². The molecule has 0 spiro atoms. The highest BCUT2D eigenvalue weighted by molar-refractivity contribution is 7.80. The van der Waals surface area contributed by atoms with E-state index in [9.17, 15) is 14.7 Å². The van der Waals surface area contributed by atoms with Crippen LogP contribution in [0.25, 0.3) is 0 Å². The van der Waals surface area contributed by atoms with Crippen LogP contribution in [-0.2, 0) is 19.1 Å². The quantitative estimate of drug-likeness (QED) is 0.247. The number of aliphatic hydroxyl groups excluding tert-OH is 1. The number of allylic oxidation sites excluding steroid dienone is 4. The summed E-state index contributed by atoms with van der Waals surface area (Å²) in [7, 11) is 0. The maximum Gasteiger partial charge on any atom is 0.303 e. The number of ether oxygens (including phenoxy) is 2. The largest absolute Gasteiger partial charge is 0.483 e. The highest BCUT2D eigenvalue weighted by atomic mass is 35.5. The number of hydrogen-bond donors (Lipinski definition) is 1. The van der Waals surface area contributed by atoms with Gasteiger partial charge in [0, 0.05) is 29.6 Å². The second kappa shape index (κ2) is 9.67. The number of carbonyl (C=O) groups excluding carboxylic acids is 2. The summed E-state index contributed by atoms with van der Waals surface area (Å²) in [4.78, 5) is 24.7. The minimum Gasteiger partial charge on any atom is -0.483 e. The van der Waals surface area contributed by atoms with Crippen LogP contribution in [0.1, 0.15) is 73.1 Å². The third-order valence-corrected chi connectivity index (χ3v) is 10.6. The molecule has 0 heterocycles. The van der Waals surface area contributed by atoms with Gasteiger partial charge in [-0.2, -0.15) is 0 Å². The van der Waals surface area contributed by atoms with Crippen molar-refractivity contribution in [2.75, 3.05) is 6.61 Å². The van der Waals surface area contributed by atoms with Crippen molar-refractivity contribution in [2.24, 2.45) is 28.6 Å². The van der Waals surface area contributed by atoms with E-state index in [4.69, 9.17) is 33.3 Å². The zero-order chi connectivity index (χ0) is 27.6. The van der Waals surface area contributed by atoms with Crippen LogP contribution in [-0.4, -0.2) is 52.1 Å². The van der Waals surface area contributed by atoms with E-state index in [1.807, 2.05) is 13.8 Å². The Labute approximate surface area is 228 Å². The summed E-state index contributed by atoms with van der Waals surface area (Å²) in [6.07, 6.45) is 2.12. The molecule has 3 saturated carbocycles. The van der Waals surface area contributed by atoms with Gasteiger partial charge in [0.25, 0.3) is 0 Å². The van der Waals surface area contributed by atoms with E-state index in [1.54, 1.807) is 0 Å². The highest BCUT2D eigenvalue weighted by Gasteiger charge is 2.78. The molecule has 0 unspecified atom stereocenters. The van der Waals surface area contributed by atoms with Gasteiger partial charge in [0.15, 0.2) is 17.1 Å². The SMILES string of the molecule is CCCCCOC(=S)[C@@]1(OC(C)=O)[C@H](C)C[C@H]2[C@@H]3C[C@H](F)C4=C(Cl)C(=O)C=C[C@]4(C)[C@@]3(F)[C@@H](O)C[C@@]21C. The lowest BCUT2D eigenvalue weighted by Crippen LogP contribution is -2.71. The first-order valence-corrected chi connectivity index (χ1v) is 14.0. The van der Waals surface area contributed by atoms with Crippen LogP contribution in [0.4, 0.5) is 8.78 Å². The summed E-state index contributed by atoms with van der Waals surface area (Å²) in [5.74, 6) is -2.88. The van der Waals surface area contributed by atoms with Crippen molar-refractivity contribution in [3.05, 3.63) is 22.8 Å². The summed E-state index contributed by atoms with van der Waals surface area (Å²) in [6.45, 7) is 8.98. The number of esters is 1. The lowest BCUT2D eigenvalue weighted by Gasteiger charge is -2.63. The maximum atomic E-state index is 17.5. The number of hydrogen-bond acceptors (Lipinski definition) is 6. The molecular weight excluding hydrogens is 522 g/mol. The Hall–Kier alpha value is -1.38. The van der Waals surface area contributed by atoms with Gasteiger partial charge in [0.05, 0.1) is 17.7 Å². The molecule has 1 N–H and O–H groups in total. The number of alkyl halides is 2. The van der Waals surface area contributed by atoms with E-state index in [2.05, 4.69) is 6.92 Å². The van der Waals surface area contributed by atoms with Gasteiger partial charge in [0.2, 0.25) is 5.05 Å². The van der Waals surface area contributed by atoms with Crippen molar-refractivity contribution >= 4 is 40.6 Å². The lowest BCUT2D eigenvalue weighted by molar-refractivity contribution is -0.222. The molecule has 0 aliphatic heterocycles. The number of fused-ring (bicyclic) bond motifs is 5. The number of ketones is 1. The lowest BCUT2D eigenvalue weighted by atomic mass is 9.44.